The molecule has 3 nitrogen and oxygen atoms in total. The van der Waals surface area contributed by atoms with Crippen molar-refractivity contribution < 1.29 is 0 Å². The van der Waals surface area contributed by atoms with Crippen molar-refractivity contribution in [2.75, 3.05) is 5.32 Å². The number of fused-ring (bicyclic) bond motifs is 2. The molecule has 0 amide bonds. The molecular weight excluding hydrogens is 270 g/mol. The predicted octanol–water partition coefficient (Wildman–Crippen LogP) is 4.62. The number of hydrogen-bond acceptors (Lipinski definition) is 3. The number of nitrogens with one attached hydrogen (secondary N) is 1. The first-order valence-corrected chi connectivity index (χ1v) is 7.29. The number of hydrogen-bond donors (Lipinski definition) is 1. The van der Waals surface area contributed by atoms with Gasteiger partial charge in [-0.05, 0) is 24.6 Å². The zero-order chi connectivity index (χ0) is 14.9. The Morgan fingerprint density at radius 2 is 1.64 bits per heavy atom. The molecule has 3 heteroatoms. The van der Waals surface area contributed by atoms with Crippen molar-refractivity contribution in [2.45, 2.75) is 6.92 Å². The average molecular weight is 285 g/mol. The molecule has 1 aliphatic heterocycles. The fraction of sp³-hybridized carbons (Fsp3) is 0.0526. The minimum atomic E-state index is 0.804. The molecule has 0 saturated carbocycles. The maximum absolute atomic E-state index is 4.94. The van der Waals surface area contributed by atoms with Crippen LogP contribution in [0.5, 0.6) is 0 Å². The third-order valence-electron chi connectivity index (χ3n) is 3.83. The van der Waals surface area contributed by atoms with Gasteiger partial charge in [0.1, 0.15) is 5.69 Å². The first-order valence-electron chi connectivity index (χ1n) is 7.29. The summed E-state index contributed by atoms with van der Waals surface area (Å²) in [4.78, 5) is 9.39. The highest BCUT2D eigenvalue weighted by atomic mass is 15.0. The Balaban J connectivity index is 2.03. The summed E-state index contributed by atoms with van der Waals surface area (Å²) in [6.07, 6.45) is 1.81. The Kier molecular flexibility index (Phi) is 2.97. The molecule has 3 aromatic rings. The average Bonchev–Trinajstić information content (AvgIpc) is 2.73. The Hall–Kier alpha value is -2.94. The summed E-state index contributed by atoms with van der Waals surface area (Å²) in [5, 5.41) is 3.42. The zero-order valence-electron chi connectivity index (χ0n) is 12.2. The molecule has 1 aromatic heterocycles. The van der Waals surface area contributed by atoms with Crippen LogP contribution >= 0.6 is 0 Å². The maximum Gasteiger partial charge on any atom is 0.156 e. The van der Waals surface area contributed by atoms with Crippen molar-refractivity contribution in [3.63, 3.8) is 0 Å². The van der Waals surface area contributed by atoms with Gasteiger partial charge in [0.15, 0.2) is 5.82 Å². The normalized spacial score (nSPS) is 12.5. The standard InChI is InChI=1S/C19H15N3/c1-13-11-12-20-19-17(13)22-18(14-7-3-2-4-8-14)15-9-5-6-10-16(15)21-19/h2-12H,1H3,(H,20,21). The van der Waals surface area contributed by atoms with E-state index in [0.717, 1.165) is 39.6 Å². The molecule has 1 aliphatic rings. The molecule has 0 saturated heterocycles. The molecule has 4 rings (SSSR count). The number of anilines is 2. The van der Waals surface area contributed by atoms with Gasteiger partial charge in [-0.15, -0.1) is 0 Å². The Morgan fingerprint density at radius 1 is 0.864 bits per heavy atom. The van der Waals surface area contributed by atoms with Crippen LogP contribution in [0.25, 0.3) is 0 Å². The molecule has 0 atom stereocenters. The fourth-order valence-electron chi connectivity index (χ4n) is 2.70. The van der Waals surface area contributed by atoms with Gasteiger partial charge in [-0.1, -0.05) is 48.5 Å². The predicted molar refractivity (Wildman–Crippen MR) is 90.4 cm³/mol. The minimum Gasteiger partial charge on any atom is -0.338 e. The second kappa shape index (κ2) is 5.11. The molecule has 22 heavy (non-hydrogen) atoms. The van der Waals surface area contributed by atoms with Crippen molar-refractivity contribution in [1.82, 2.24) is 4.98 Å². The van der Waals surface area contributed by atoms with E-state index in [1.165, 1.54) is 0 Å². The number of aryl methyl sites for hydroxylation is 1. The topological polar surface area (TPSA) is 37.3 Å². The molecule has 0 spiro atoms. The molecule has 106 valence electrons. The van der Waals surface area contributed by atoms with E-state index in [1.54, 1.807) is 0 Å². The highest BCUT2D eigenvalue weighted by molar-refractivity contribution is 6.18. The Labute approximate surface area is 129 Å². The number of rotatable bonds is 1. The second-order valence-corrected chi connectivity index (χ2v) is 5.32. The summed E-state index contributed by atoms with van der Waals surface area (Å²) in [5.74, 6) is 0.804. The monoisotopic (exact) mass is 285 g/mol. The molecule has 0 bridgehead atoms. The summed E-state index contributed by atoms with van der Waals surface area (Å²) in [6.45, 7) is 2.06. The van der Waals surface area contributed by atoms with E-state index in [2.05, 4.69) is 41.5 Å². The van der Waals surface area contributed by atoms with Crippen LogP contribution in [0.3, 0.4) is 0 Å². The van der Waals surface area contributed by atoms with Gasteiger partial charge in [0.2, 0.25) is 0 Å². The van der Waals surface area contributed by atoms with Gasteiger partial charge in [-0.3, -0.25) is 0 Å². The molecule has 0 unspecified atom stereocenters. The van der Waals surface area contributed by atoms with Gasteiger partial charge in [0, 0.05) is 23.0 Å². The molecule has 0 radical (unpaired) electrons. The maximum atomic E-state index is 4.94. The molecule has 2 aromatic carbocycles. The zero-order valence-corrected chi connectivity index (χ0v) is 12.2. The quantitative estimate of drug-likeness (QED) is 0.554. The number of pyridine rings is 1. The van der Waals surface area contributed by atoms with E-state index in [9.17, 15) is 0 Å². The minimum absolute atomic E-state index is 0.804. The second-order valence-electron chi connectivity index (χ2n) is 5.32. The van der Waals surface area contributed by atoms with Crippen molar-refractivity contribution in [2.24, 2.45) is 4.99 Å². The number of aliphatic imine (C=N–C) groups is 1. The summed E-state index contributed by atoms with van der Waals surface area (Å²) in [5.41, 5.74) is 6.20. The fourth-order valence-corrected chi connectivity index (χ4v) is 2.70. The van der Waals surface area contributed by atoms with Crippen LogP contribution < -0.4 is 5.32 Å². The van der Waals surface area contributed by atoms with E-state index in [0.29, 0.717) is 0 Å². The van der Waals surface area contributed by atoms with E-state index < -0.39 is 0 Å². The highest BCUT2D eigenvalue weighted by Gasteiger charge is 2.18. The number of nitrogens with zero attached hydrogens (tertiary/aromatic N) is 2. The van der Waals surface area contributed by atoms with Gasteiger partial charge in [-0.25, -0.2) is 9.98 Å². The molecule has 2 heterocycles. The lowest BCUT2D eigenvalue weighted by atomic mass is 10.0. The van der Waals surface area contributed by atoms with E-state index >= 15 is 0 Å². The molecule has 1 N–H and O–H groups in total. The van der Waals surface area contributed by atoms with E-state index in [1.807, 2.05) is 42.6 Å². The lowest BCUT2D eigenvalue weighted by molar-refractivity contribution is 1.26. The summed E-state index contributed by atoms with van der Waals surface area (Å²) in [7, 11) is 0. The van der Waals surface area contributed by atoms with Crippen LogP contribution in [0.4, 0.5) is 17.2 Å². The third kappa shape index (κ3) is 2.07. The van der Waals surface area contributed by atoms with Crippen LogP contribution in [0, 0.1) is 6.92 Å². The third-order valence-corrected chi connectivity index (χ3v) is 3.83. The molecular formula is C19H15N3. The highest BCUT2D eigenvalue weighted by Crippen LogP contribution is 2.35. The van der Waals surface area contributed by atoms with Crippen LogP contribution in [-0.4, -0.2) is 10.7 Å². The van der Waals surface area contributed by atoms with E-state index in [4.69, 9.17) is 4.99 Å². The van der Waals surface area contributed by atoms with Crippen molar-refractivity contribution >= 4 is 22.9 Å². The first kappa shape index (κ1) is 12.8. The summed E-state index contributed by atoms with van der Waals surface area (Å²) in [6, 6.07) is 20.5. The van der Waals surface area contributed by atoms with Crippen molar-refractivity contribution in [3.8, 4) is 0 Å². The molecule has 0 fully saturated rings. The van der Waals surface area contributed by atoms with Crippen LogP contribution in [0.2, 0.25) is 0 Å². The summed E-state index contributed by atoms with van der Waals surface area (Å²) < 4.78 is 0. The Morgan fingerprint density at radius 3 is 2.50 bits per heavy atom. The smallest absolute Gasteiger partial charge is 0.156 e. The van der Waals surface area contributed by atoms with E-state index in [-0.39, 0.29) is 0 Å². The van der Waals surface area contributed by atoms with Gasteiger partial charge in [0.25, 0.3) is 0 Å². The van der Waals surface area contributed by atoms with Crippen molar-refractivity contribution in [1.29, 1.82) is 0 Å². The number of aromatic nitrogens is 1. The summed E-state index contributed by atoms with van der Waals surface area (Å²) >= 11 is 0. The SMILES string of the molecule is Cc1ccnc2c1N=C(c1ccccc1)c1ccccc1N2. The van der Waals surface area contributed by atoms with Gasteiger partial charge < -0.3 is 5.32 Å². The van der Waals surface area contributed by atoms with Crippen LogP contribution in [0.1, 0.15) is 16.7 Å². The van der Waals surface area contributed by atoms with Crippen molar-refractivity contribution in [3.05, 3.63) is 83.6 Å². The van der Waals surface area contributed by atoms with Crippen LogP contribution in [-0.2, 0) is 0 Å². The first-order chi connectivity index (χ1) is 10.8. The van der Waals surface area contributed by atoms with Gasteiger partial charge >= 0.3 is 0 Å². The van der Waals surface area contributed by atoms with Crippen LogP contribution in [0.15, 0.2) is 71.9 Å². The lowest BCUT2D eigenvalue weighted by Gasteiger charge is -2.10. The lowest BCUT2D eigenvalue weighted by Crippen LogP contribution is -2.04. The largest absolute Gasteiger partial charge is 0.338 e. The van der Waals surface area contributed by atoms with Gasteiger partial charge in [-0.2, -0.15) is 0 Å². The number of para-hydroxylation sites is 1. The Bertz CT molecular complexity index is 867. The number of benzene rings is 2. The van der Waals surface area contributed by atoms with Gasteiger partial charge in [0.05, 0.1) is 5.71 Å². The molecule has 0 aliphatic carbocycles.